The van der Waals surface area contributed by atoms with Crippen LogP contribution in [0.4, 0.5) is 0 Å². The molecule has 1 radical (unpaired) electrons. The van der Waals surface area contributed by atoms with Crippen LogP contribution in [0.2, 0.25) is 0 Å². The minimum Gasteiger partial charge on any atom is -0.244 e. The SMILES string of the molecule is [c]1ccc2sc(-c3cccc4scnc34)nc2c1. The summed E-state index contributed by atoms with van der Waals surface area (Å²) in [4.78, 5) is 9.11. The van der Waals surface area contributed by atoms with E-state index < -0.39 is 0 Å². The Labute approximate surface area is 112 Å². The first kappa shape index (κ1) is 10.2. The molecular formula is C14H7N2S2. The van der Waals surface area contributed by atoms with Crippen molar-refractivity contribution < 1.29 is 0 Å². The maximum Gasteiger partial charge on any atom is 0.126 e. The van der Waals surface area contributed by atoms with Crippen LogP contribution in [0, 0.1) is 6.07 Å². The van der Waals surface area contributed by atoms with Crippen LogP contribution in [0.15, 0.2) is 41.9 Å². The second kappa shape index (κ2) is 3.86. The average Bonchev–Trinajstić information content (AvgIpc) is 3.04. The minimum absolute atomic E-state index is 1.00. The summed E-state index contributed by atoms with van der Waals surface area (Å²) in [7, 11) is 0. The molecule has 0 fully saturated rings. The van der Waals surface area contributed by atoms with Crippen LogP contribution in [-0.2, 0) is 0 Å². The third kappa shape index (κ3) is 1.46. The predicted molar refractivity (Wildman–Crippen MR) is 77.1 cm³/mol. The van der Waals surface area contributed by atoms with E-state index in [1.165, 1.54) is 9.40 Å². The summed E-state index contributed by atoms with van der Waals surface area (Å²) in [5.74, 6) is 0. The summed E-state index contributed by atoms with van der Waals surface area (Å²) in [5.41, 5.74) is 5.06. The average molecular weight is 267 g/mol. The van der Waals surface area contributed by atoms with Crippen LogP contribution in [0.3, 0.4) is 0 Å². The van der Waals surface area contributed by atoms with Gasteiger partial charge in [-0.3, -0.25) is 0 Å². The van der Waals surface area contributed by atoms with E-state index in [0.717, 1.165) is 21.6 Å². The molecule has 0 bridgehead atoms. The number of aromatic nitrogens is 2. The lowest BCUT2D eigenvalue weighted by Crippen LogP contribution is -1.78. The predicted octanol–water partition coefficient (Wildman–Crippen LogP) is 4.37. The van der Waals surface area contributed by atoms with Gasteiger partial charge < -0.3 is 0 Å². The van der Waals surface area contributed by atoms with Crippen molar-refractivity contribution in [1.82, 2.24) is 9.97 Å². The molecule has 0 aliphatic carbocycles. The van der Waals surface area contributed by atoms with Gasteiger partial charge in [-0.05, 0) is 30.3 Å². The number of hydrogen-bond donors (Lipinski definition) is 0. The zero-order valence-electron chi connectivity index (χ0n) is 9.25. The molecule has 18 heavy (non-hydrogen) atoms. The Kier molecular flexibility index (Phi) is 2.18. The summed E-state index contributed by atoms with van der Waals surface area (Å²) in [5, 5.41) is 1.03. The lowest BCUT2D eigenvalue weighted by Gasteiger charge is -1.96. The van der Waals surface area contributed by atoms with Crippen molar-refractivity contribution in [3.05, 3.63) is 48.0 Å². The summed E-state index contributed by atoms with van der Waals surface area (Å²) in [6.07, 6.45) is 0. The fourth-order valence-corrected chi connectivity index (χ4v) is 3.67. The van der Waals surface area contributed by atoms with Crippen molar-refractivity contribution >= 4 is 43.1 Å². The van der Waals surface area contributed by atoms with Gasteiger partial charge >= 0.3 is 0 Å². The molecule has 0 spiro atoms. The molecule has 0 atom stereocenters. The maximum absolute atomic E-state index is 4.66. The van der Waals surface area contributed by atoms with Crippen molar-refractivity contribution in [1.29, 1.82) is 0 Å². The van der Waals surface area contributed by atoms with Crippen LogP contribution in [-0.4, -0.2) is 9.97 Å². The first-order valence-corrected chi connectivity index (χ1v) is 7.21. The molecule has 0 saturated heterocycles. The molecule has 4 heteroatoms. The Morgan fingerprint density at radius 2 is 2.11 bits per heavy atom. The highest BCUT2D eigenvalue weighted by molar-refractivity contribution is 7.22. The standard InChI is InChI=1S/C14H7N2S2/c1-2-6-11-10(5-1)16-14(18-11)9-4-3-7-12-13(9)15-8-17-12/h2-8H. The third-order valence-corrected chi connectivity index (χ3v) is 4.69. The fraction of sp³-hybridized carbons (Fsp3) is 0. The van der Waals surface area contributed by atoms with E-state index in [2.05, 4.69) is 40.3 Å². The van der Waals surface area contributed by atoms with Gasteiger partial charge in [-0.2, -0.15) is 0 Å². The Morgan fingerprint density at radius 3 is 3.06 bits per heavy atom. The zero-order chi connectivity index (χ0) is 11.9. The normalized spacial score (nSPS) is 11.3. The first-order chi connectivity index (χ1) is 8.92. The van der Waals surface area contributed by atoms with Gasteiger partial charge in [0, 0.05) is 5.56 Å². The molecule has 2 nitrogen and oxygen atoms in total. The van der Waals surface area contributed by atoms with E-state index in [1.807, 2.05) is 17.6 Å². The molecule has 0 saturated carbocycles. The molecule has 0 aliphatic rings. The van der Waals surface area contributed by atoms with Gasteiger partial charge in [-0.25, -0.2) is 9.97 Å². The molecule has 0 amide bonds. The van der Waals surface area contributed by atoms with E-state index in [4.69, 9.17) is 0 Å². The Balaban J connectivity index is 2.04. The Bertz CT molecular complexity index is 812. The highest BCUT2D eigenvalue weighted by Crippen LogP contribution is 2.34. The van der Waals surface area contributed by atoms with Gasteiger partial charge in [-0.1, -0.05) is 12.1 Å². The summed E-state index contributed by atoms with van der Waals surface area (Å²) in [6, 6.07) is 15.2. The molecular weight excluding hydrogens is 260 g/mol. The number of rotatable bonds is 1. The van der Waals surface area contributed by atoms with Crippen LogP contribution in [0.1, 0.15) is 0 Å². The van der Waals surface area contributed by atoms with Gasteiger partial charge in [0.25, 0.3) is 0 Å². The van der Waals surface area contributed by atoms with Gasteiger partial charge in [0.2, 0.25) is 0 Å². The van der Waals surface area contributed by atoms with E-state index in [9.17, 15) is 0 Å². The quantitative estimate of drug-likeness (QED) is 0.511. The lowest BCUT2D eigenvalue weighted by atomic mass is 10.2. The molecule has 2 heterocycles. The molecule has 4 aromatic rings. The van der Waals surface area contributed by atoms with Crippen molar-refractivity contribution in [2.24, 2.45) is 0 Å². The van der Waals surface area contributed by atoms with Gasteiger partial charge in [0.1, 0.15) is 5.01 Å². The van der Waals surface area contributed by atoms with E-state index in [0.29, 0.717) is 0 Å². The third-order valence-electron chi connectivity index (χ3n) is 2.82. The smallest absolute Gasteiger partial charge is 0.126 e. The van der Waals surface area contributed by atoms with Crippen LogP contribution in [0.25, 0.3) is 31.0 Å². The Morgan fingerprint density at radius 1 is 1.11 bits per heavy atom. The van der Waals surface area contributed by atoms with Gasteiger partial charge in [0.05, 0.1) is 25.9 Å². The molecule has 2 aromatic heterocycles. The summed E-state index contributed by atoms with van der Waals surface area (Å²) >= 11 is 3.36. The van der Waals surface area contributed by atoms with Crippen LogP contribution >= 0.6 is 22.7 Å². The molecule has 0 unspecified atom stereocenters. The second-order valence-corrected chi connectivity index (χ2v) is 5.83. The number of nitrogens with zero attached hydrogens (tertiary/aromatic N) is 2. The number of benzene rings is 2. The van der Waals surface area contributed by atoms with Crippen LogP contribution in [0.5, 0.6) is 0 Å². The molecule has 2 aromatic carbocycles. The summed E-state index contributed by atoms with van der Waals surface area (Å²) < 4.78 is 2.40. The summed E-state index contributed by atoms with van der Waals surface area (Å²) in [6.45, 7) is 0. The van der Waals surface area contributed by atoms with Gasteiger partial charge in [0.15, 0.2) is 0 Å². The van der Waals surface area contributed by atoms with Crippen molar-refractivity contribution in [3.8, 4) is 10.6 Å². The maximum atomic E-state index is 4.66. The monoisotopic (exact) mass is 267 g/mol. The first-order valence-electron chi connectivity index (χ1n) is 5.51. The topological polar surface area (TPSA) is 25.8 Å². The second-order valence-electron chi connectivity index (χ2n) is 3.92. The van der Waals surface area contributed by atoms with Gasteiger partial charge in [-0.15, -0.1) is 22.7 Å². The highest BCUT2D eigenvalue weighted by Gasteiger charge is 2.10. The van der Waals surface area contributed by atoms with E-state index >= 15 is 0 Å². The van der Waals surface area contributed by atoms with Crippen molar-refractivity contribution in [2.75, 3.05) is 0 Å². The van der Waals surface area contributed by atoms with Crippen molar-refractivity contribution in [2.45, 2.75) is 0 Å². The molecule has 4 rings (SSSR count). The Hall–Kier alpha value is -1.78. The highest BCUT2D eigenvalue weighted by atomic mass is 32.1. The number of fused-ring (bicyclic) bond motifs is 2. The molecule has 0 aliphatic heterocycles. The number of para-hydroxylation sites is 1. The number of thiazole rings is 2. The minimum atomic E-state index is 1.00. The van der Waals surface area contributed by atoms with Crippen LogP contribution < -0.4 is 0 Å². The molecule has 0 N–H and O–H groups in total. The zero-order valence-corrected chi connectivity index (χ0v) is 10.9. The molecule has 85 valence electrons. The van der Waals surface area contributed by atoms with E-state index in [-0.39, 0.29) is 0 Å². The lowest BCUT2D eigenvalue weighted by molar-refractivity contribution is 1.45. The fourth-order valence-electron chi connectivity index (χ4n) is 1.99. The van der Waals surface area contributed by atoms with Crippen molar-refractivity contribution in [3.63, 3.8) is 0 Å². The van der Waals surface area contributed by atoms with E-state index in [1.54, 1.807) is 22.7 Å². The number of hydrogen-bond acceptors (Lipinski definition) is 4. The largest absolute Gasteiger partial charge is 0.244 e.